The smallest absolute Gasteiger partial charge is 0.123 e. The maximum absolute atomic E-state index is 12.7. The standard InChI is InChI=1S/C14H21FN2O.ClH/c1-17(14(10-16)11-2-3-11)8-9-18-13-6-4-12(15)5-7-13;/h4-7,11,14H,2-3,8-10,16H2,1H3;1H. The van der Waals surface area contributed by atoms with Gasteiger partial charge in [0.15, 0.2) is 0 Å². The molecule has 0 aromatic heterocycles. The van der Waals surface area contributed by atoms with Crippen molar-refractivity contribution in [3.05, 3.63) is 30.1 Å². The van der Waals surface area contributed by atoms with Crippen LogP contribution in [0.15, 0.2) is 24.3 Å². The molecule has 5 heteroatoms. The van der Waals surface area contributed by atoms with Crippen molar-refractivity contribution in [1.82, 2.24) is 4.90 Å². The molecule has 0 spiro atoms. The van der Waals surface area contributed by atoms with E-state index in [4.69, 9.17) is 10.5 Å². The molecular formula is C14H22ClFN2O. The molecule has 0 bridgehead atoms. The van der Waals surface area contributed by atoms with Gasteiger partial charge in [0.1, 0.15) is 18.2 Å². The average molecular weight is 289 g/mol. The van der Waals surface area contributed by atoms with Crippen LogP contribution < -0.4 is 10.5 Å². The van der Waals surface area contributed by atoms with Crippen molar-refractivity contribution in [2.24, 2.45) is 11.7 Å². The zero-order valence-electron chi connectivity index (χ0n) is 11.2. The number of hydrogen-bond acceptors (Lipinski definition) is 3. The van der Waals surface area contributed by atoms with Crippen molar-refractivity contribution in [1.29, 1.82) is 0 Å². The molecule has 1 saturated carbocycles. The monoisotopic (exact) mass is 288 g/mol. The van der Waals surface area contributed by atoms with Gasteiger partial charge in [-0.15, -0.1) is 12.4 Å². The molecule has 0 heterocycles. The molecule has 1 unspecified atom stereocenters. The molecule has 1 aliphatic rings. The lowest BCUT2D eigenvalue weighted by Gasteiger charge is -2.26. The third-order valence-electron chi connectivity index (χ3n) is 3.50. The molecule has 1 aromatic rings. The summed E-state index contributed by atoms with van der Waals surface area (Å²) < 4.78 is 18.3. The minimum absolute atomic E-state index is 0. The largest absolute Gasteiger partial charge is 0.492 e. The van der Waals surface area contributed by atoms with E-state index in [0.29, 0.717) is 24.9 Å². The topological polar surface area (TPSA) is 38.5 Å². The van der Waals surface area contributed by atoms with Gasteiger partial charge in [-0.25, -0.2) is 4.39 Å². The van der Waals surface area contributed by atoms with Gasteiger partial charge in [-0.1, -0.05) is 0 Å². The van der Waals surface area contributed by atoms with Crippen LogP contribution >= 0.6 is 12.4 Å². The van der Waals surface area contributed by atoms with Crippen molar-refractivity contribution >= 4 is 12.4 Å². The first-order valence-electron chi connectivity index (χ1n) is 6.49. The molecule has 1 fully saturated rings. The Hall–Kier alpha value is -0.840. The Morgan fingerprint density at radius 1 is 1.37 bits per heavy atom. The van der Waals surface area contributed by atoms with Gasteiger partial charge in [0.25, 0.3) is 0 Å². The summed E-state index contributed by atoms with van der Waals surface area (Å²) in [5.74, 6) is 1.24. The number of nitrogens with zero attached hydrogens (tertiary/aromatic N) is 1. The fraction of sp³-hybridized carbons (Fsp3) is 0.571. The Morgan fingerprint density at radius 2 is 2.00 bits per heavy atom. The highest BCUT2D eigenvalue weighted by atomic mass is 35.5. The quantitative estimate of drug-likeness (QED) is 0.837. The van der Waals surface area contributed by atoms with Gasteiger partial charge in [-0.2, -0.15) is 0 Å². The van der Waals surface area contributed by atoms with Crippen LogP contribution in [0.4, 0.5) is 4.39 Å². The highest BCUT2D eigenvalue weighted by Crippen LogP contribution is 2.34. The van der Waals surface area contributed by atoms with E-state index in [0.717, 1.165) is 12.5 Å². The van der Waals surface area contributed by atoms with Crippen LogP contribution in [0.5, 0.6) is 5.75 Å². The fourth-order valence-corrected chi connectivity index (χ4v) is 2.22. The second-order valence-corrected chi connectivity index (χ2v) is 4.92. The highest BCUT2D eigenvalue weighted by molar-refractivity contribution is 5.85. The predicted molar refractivity (Wildman–Crippen MR) is 77.3 cm³/mol. The molecule has 108 valence electrons. The minimum Gasteiger partial charge on any atom is -0.492 e. The molecule has 2 N–H and O–H groups in total. The van der Waals surface area contributed by atoms with E-state index in [2.05, 4.69) is 11.9 Å². The summed E-state index contributed by atoms with van der Waals surface area (Å²) in [7, 11) is 2.09. The predicted octanol–water partition coefficient (Wildman–Crippen LogP) is 2.30. The molecule has 19 heavy (non-hydrogen) atoms. The minimum atomic E-state index is -0.239. The molecule has 3 nitrogen and oxygen atoms in total. The molecule has 0 aliphatic heterocycles. The van der Waals surface area contributed by atoms with E-state index < -0.39 is 0 Å². The molecule has 2 rings (SSSR count). The lowest BCUT2D eigenvalue weighted by atomic mass is 10.1. The Bertz CT molecular complexity index is 370. The van der Waals surface area contributed by atoms with Crippen molar-refractivity contribution < 1.29 is 9.13 Å². The molecular weight excluding hydrogens is 267 g/mol. The van der Waals surface area contributed by atoms with Crippen molar-refractivity contribution in [3.8, 4) is 5.75 Å². The summed E-state index contributed by atoms with van der Waals surface area (Å²) in [5.41, 5.74) is 5.79. The number of benzene rings is 1. The molecule has 1 atom stereocenters. The van der Waals surface area contributed by atoms with E-state index in [9.17, 15) is 4.39 Å². The van der Waals surface area contributed by atoms with Crippen LogP contribution in [-0.2, 0) is 0 Å². The number of likely N-dealkylation sites (N-methyl/N-ethyl adjacent to an activating group) is 1. The lowest BCUT2D eigenvalue weighted by Crippen LogP contribution is -2.41. The maximum atomic E-state index is 12.7. The summed E-state index contributed by atoms with van der Waals surface area (Å²) in [6.07, 6.45) is 2.59. The maximum Gasteiger partial charge on any atom is 0.123 e. The molecule has 0 saturated heterocycles. The van der Waals surface area contributed by atoms with Crippen LogP contribution in [-0.4, -0.2) is 37.7 Å². The van der Waals surface area contributed by atoms with Crippen molar-refractivity contribution in [2.45, 2.75) is 18.9 Å². The summed E-state index contributed by atoms with van der Waals surface area (Å²) in [6, 6.07) is 6.59. The molecule has 0 radical (unpaired) electrons. The van der Waals surface area contributed by atoms with Crippen LogP contribution in [0.3, 0.4) is 0 Å². The number of ether oxygens (including phenoxy) is 1. The van der Waals surface area contributed by atoms with Crippen LogP contribution in [0.1, 0.15) is 12.8 Å². The van der Waals surface area contributed by atoms with Crippen LogP contribution in [0.2, 0.25) is 0 Å². The number of nitrogens with two attached hydrogens (primary N) is 1. The number of rotatable bonds is 7. The summed E-state index contributed by atoms with van der Waals surface area (Å²) in [4.78, 5) is 2.27. The van der Waals surface area contributed by atoms with Gasteiger partial charge in [0.2, 0.25) is 0 Å². The highest BCUT2D eigenvalue weighted by Gasteiger charge is 2.32. The van der Waals surface area contributed by atoms with E-state index in [-0.39, 0.29) is 18.2 Å². The Morgan fingerprint density at radius 3 is 2.53 bits per heavy atom. The van der Waals surface area contributed by atoms with Crippen LogP contribution in [0, 0.1) is 11.7 Å². The third-order valence-corrected chi connectivity index (χ3v) is 3.50. The lowest BCUT2D eigenvalue weighted by molar-refractivity contribution is 0.180. The first-order chi connectivity index (χ1) is 8.70. The Labute approximate surface area is 120 Å². The van der Waals surface area contributed by atoms with Gasteiger partial charge in [0, 0.05) is 19.1 Å². The van der Waals surface area contributed by atoms with Gasteiger partial charge in [-0.05, 0) is 50.1 Å². The number of hydrogen-bond donors (Lipinski definition) is 1. The average Bonchev–Trinajstić information content (AvgIpc) is 3.17. The first kappa shape index (κ1) is 16.2. The first-order valence-corrected chi connectivity index (χ1v) is 6.49. The summed E-state index contributed by atoms with van der Waals surface area (Å²) in [5, 5.41) is 0. The van der Waals surface area contributed by atoms with E-state index in [1.807, 2.05) is 0 Å². The Kier molecular flexibility index (Phi) is 6.55. The van der Waals surface area contributed by atoms with Gasteiger partial charge < -0.3 is 10.5 Å². The second-order valence-electron chi connectivity index (χ2n) is 4.92. The molecule has 1 aromatic carbocycles. The zero-order chi connectivity index (χ0) is 13.0. The zero-order valence-corrected chi connectivity index (χ0v) is 12.0. The van der Waals surface area contributed by atoms with Crippen LogP contribution in [0.25, 0.3) is 0 Å². The fourth-order valence-electron chi connectivity index (χ4n) is 2.22. The SMILES string of the molecule is CN(CCOc1ccc(F)cc1)C(CN)C1CC1.Cl. The summed E-state index contributed by atoms with van der Waals surface area (Å²) in [6.45, 7) is 2.15. The van der Waals surface area contributed by atoms with E-state index >= 15 is 0 Å². The van der Waals surface area contributed by atoms with Gasteiger partial charge in [-0.3, -0.25) is 4.90 Å². The molecule has 0 amide bonds. The second kappa shape index (κ2) is 7.68. The molecule has 1 aliphatic carbocycles. The summed E-state index contributed by atoms with van der Waals surface area (Å²) >= 11 is 0. The van der Waals surface area contributed by atoms with Gasteiger partial charge >= 0.3 is 0 Å². The Balaban J connectivity index is 0.00000180. The van der Waals surface area contributed by atoms with Crippen molar-refractivity contribution in [3.63, 3.8) is 0 Å². The third kappa shape index (κ3) is 4.97. The normalized spacial score (nSPS) is 16.0. The van der Waals surface area contributed by atoms with E-state index in [1.165, 1.54) is 25.0 Å². The van der Waals surface area contributed by atoms with Crippen molar-refractivity contribution in [2.75, 3.05) is 26.7 Å². The van der Waals surface area contributed by atoms with E-state index in [1.54, 1.807) is 12.1 Å². The number of halogens is 2. The van der Waals surface area contributed by atoms with Gasteiger partial charge in [0.05, 0.1) is 0 Å².